The second-order valence-corrected chi connectivity index (χ2v) is 3.71. The summed E-state index contributed by atoms with van der Waals surface area (Å²) in [6.07, 6.45) is 0. The quantitative estimate of drug-likeness (QED) is 0.812. The molecule has 14 heavy (non-hydrogen) atoms. The van der Waals surface area contributed by atoms with Gasteiger partial charge in [-0.05, 0) is 18.6 Å². The molecule has 0 bridgehead atoms. The third-order valence-electron chi connectivity index (χ3n) is 1.86. The number of halogens is 1. The van der Waals surface area contributed by atoms with Crippen LogP contribution in [0.3, 0.4) is 0 Å². The fourth-order valence-electron chi connectivity index (χ4n) is 1.10. The topological polar surface area (TPSA) is 49.3 Å². The number of aryl methyl sites for hydroxylation is 1. The molecule has 76 valence electrons. The summed E-state index contributed by atoms with van der Waals surface area (Å²) in [6, 6.07) is 5.11. The van der Waals surface area contributed by atoms with E-state index in [1.54, 1.807) is 25.1 Å². The average Bonchev–Trinajstić information content (AvgIpc) is 2.18. The molecule has 0 aromatic heterocycles. The van der Waals surface area contributed by atoms with Gasteiger partial charge >= 0.3 is 0 Å². The number of alkyl halides is 1. The lowest BCUT2D eigenvalue weighted by atomic mass is 10.1. The van der Waals surface area contributed by atoms with Crippen LogP contribution in [-0.2, 0) is 0 Å². The molecule has 0 saturated heterocycles. The van der Waals surface area contributed by atoms with Crippen LogP contribution in [0.25, 0.3) is 0 Å². The zero-order chi connectivity index (χ0) is 10.6. The fraction of sp³-hybridized carbons (Fsp3) is 0.300. The number of phenols is 1. The molecule has 2 N–H and O–H groups in total. The Morgan fingerprint density at radius 2 is 2.29 bits per heavy atom. The number of phenolic OH excluding ortho intramolecular Hbond substituents is 1. The van der Waals surface area contributed by atoms with Gasteiger partial charge in [0.15, 0.2) is 0 Å². The first-order valence-corrected chi connectivity index (χ1v) is 5.41. The minimum atomic E-state index is -0.245. The van der Waals surface area contributed by atoms with Crippen molar-refractivity contribution in [2.24, 2.45) is 0 Å². The smallest absolute Gasteiger partial charge is 0.255 e. The Morgan fingerprint density at radius 3 is 2.93 bits per heavy atom. The Hall–Kier alpha value is -1.03. The van der Waals surface area contributed by atoms with Gasteiger partial charge in [-0.3, -0.25) is 4.79 Å². The summed E-state index contributed by atoms with van der Waals surface area (Å²) in [5, 5.41) is 13.0. The van der Waals surface area contributed by atoms with E-state index in [1.165, 1.54) is 0 Å². The average molecular weight is 258 g/mol. The van der Waals surface area contributed by atoms with E-state index < -0.39 is 0 Å². The molecule has 0 radical (unpaired) electrons. The molecule has 0 heterocycles. The third-order valence-corrected chi connectivity index (χ3v) is 2.26. The lowest BCUT2D eigenvalue weighted by Crippen LogP contribution is -2.25. The van der Waals surface area contributed by atoms with E-state index in [0.717, 1.165) is 0 Å². The van der Waals surface area contributed by atoms with Gasteiger partial charge in [-0.1, -0.05) is 28.1 Å². The number of aromatic hydroxyl groups is 1. The van der Waals surface area contributed by atoms with E-state index in [-0.39, 0.29) is 11.7 Å². The molecule has 1 aromatic rings. The molecule has 0 fully saturated rings. The first kappa shape index (κ1) is 11.0. The predicted molar refractivity (Wildman–Crippen MR) is 59.0 cm³/mol. The van der Waals surface area contributed by atoms with E-state index in [1.807, 2.05) is 0 Å². The van der Waals surface area contributed by atoms with Crippen molar-refractivity contribution < 1.29 is 9.90 Å². The summed E-state index contributed by atoms with van der Waals surface area (Å²) < 4.78 is 0. The molecule has 1 aromatic carbocycles. The lowest BCUT2D eigenvalue weighted by Gasteiger charge is -2.06. The molecule has 0 unspecified atom stereocenters. The molecular formula is C10H12BrNO2. The van der Waals surface area contributed by atoms with E-state index in [2.05, 4.69) is 21.2 Å². The highest BCUT2D eigenvalue weighted by Crippen LogP contribution is 2.20. The number of amides is 1. The van der Waals surface area contributed by atoms with Crippen LogP contribution in [0.5, 0.6) is 5.75 Å². The van der Waals surface area contributed by atoms with Crippen molar-refractivity contribution in [3.63, 3.8) is 0 Å². The van der Waals surface area contributed by atoms with Gasteiger partial charge in [0, 0.05) is 11.9 Å². The summed E-state index contributed by atoms with van der Waals surface area (Å²) in [5.41, 5.74) is 1.03. The molecule has 3 nitrogen and oxygen atoms in total. The van der Waals surface area contributed by atoms with Gasteiger partial charge in [0.2, 0.25) is 0 Å². The lowest BCUT2D eigenvalue weighted by molar-refractivity contribution is 0.0953. The van der Waals surface area contributed by atoms with E-state index in [4.69, 9.17) is 0 Å². The van der Waals surface area contributed by atoms with Gasteiger partial charge in [0.1, 0.15) is 5.75 Å². The normalized spacial score (nSPS) is 9.86. The predicted octanol–water partition coefficient (Wildman–Crippen LogP) is 1.83. The van der Waals surface area contributed by atoms with Gasteiger partial charge in [0.25, 0.3) is 5.91 Å². The van der Waals surface area contributed by atoms with Crippen molar-refractivity contribution in [3.05, 3.63) is 29.3 Å². The van der Waals surface area contributed by atoms with Gasteiger partial charge in [0.05, 0.1) is 5.56 Å². The van der Waals surface area contributed by atoms with Crippen molar-refractivity contribution in [2.45, 2.75) is 6.92 Å². The molecule has 0 aliphatic rings. The minimum Gasteiger partial charge on any atom is -0.507 e. The van der Waals surface area contributed by atoms with Gasteiger partial charge in [-0.25, -0.2) is 0 Å². The highest BCUT2D eigenvalue weighted by atomic mass is 79.9. The summed E-state index contributed by atoms with van der Waals surface area (Å²) >= 11 is 3.21. The largest absolute Gasteiger partial charge is 0.507 e. The van der Waals surface area contributed by atoms with Crippen molar-refractivity contribution in [2.75, 3.05) is 11.9 Å². The molecular weight excluding hydrogens is 246 g/mol. The van der Waals surface area contributed by atoms with Crippen LogP contribution >= 0.6 is 15.9 Å². The molecule has 0 saturated carbocycles. The SMILES string of the molecule is Cc1cccc(C(=O)NCCBr)c1O. The first-order chi connectivity index (χ1) is 6.66. The molecule has 0 aliphatic carbocycles. The molecule has 0 spiro atoms. The first-order valence-electron chi connectivity index (χ1n) is 4.29. The highest BCUT2D eigenvalue weighted by Gasteiger charge is 2.10. The van der Waals surface area contributed by atoms with E-state index >= 15 is 0 Å². The molecule has 1 rings (SSSR count). The number of para-hydroxylation sites is 1. The molecule has 0 atom stereocenters. The van der Waals surface area contributed by atoms with E-state index in [0.29, 0.717) is 23.0 Å². The number of rotatable bonds is 3. The molecule has 4 heteroatoms. The van der Waals surface area contributed by atoms with Crippen LogP contribution in [0.1, 0.15) is 15.9 Å². The van der Waals surface area contributed by atoms with Crippen LogP contribution in [0.2, 0.25) is 0 Å². The number of hydrogen-bond donors (Lipinski definition) is 2. The second kappa shape index (κ2) is 5.00. The van der Waals surface area contributed by atoms with Crippen molar-refractivity contribution in [1.82, 2.24) is 5.32 Å². The van der Waals surface area contributed by atoms with Crippen molar-refractivity contribution >= 4 is 21.8 Å². The van der Waals surface area contributed by atoms with Crippen LogP contribution in [0, 0.1) is 6.92 Å². The number of carbonyl (C=O) groups is 1. The molecule has 1 amide bonds. The summed E-state index contributed by atoms with van der Waals surface area (Å²) in [6.45, 7) is 2.31. The highest BCUT2D eigenvalue weighted by molar-refractivity contribution is 9.09. The number of hydrogen-bond acceptors (Lipinski definition) is 2. The Kier molecular flexibility index (Phi) is 3.95. The Balaban J connectivity index is 2.84. The third kappa shape index (κ3) is 2.48. The zero-order valence-electron chi connectivity index (χ0n) is 7.88. The van der Waals surface area contributed by atoms with Crippen LogP contribution < -0.4 is 5.32 Å². The van der Waals surface area contributed by atoms with Crippen molar-refractivity contribution in [3.8, 4) is 5.75 Å². The zero-order valence-corrected chi connectivity index (χ0v) is 9.47. The Labute approximate surface area is 91.3 Å². The number of nitrogens with one attached hydrogen (secondary N) is 1. The second-order valence-electron chi connectivity index (χ2n) is 2.92. The van der Waals surface area contributed by atoms with Gasteiger partial charge < -0.3 is 10.4 Å². The van der Waals surface area contributed by atoms with Gasteiger partial charge in [-0.15, -0.1) is 0 Å². The maximum Gasteiger partial charge on any atom is 0.255 e. The number of carbonyl (C=O) groups excluding carboxylic acids is 1. The number of benzene rings is 1. The van der Waals surface area contributed by atoms with Crippen LogP contribution in [0.15, 0.2) is 18.2 Å². The Morgan fingerprint density at radius 1 is 1.57 bits per heavy atom. The maximum absolute atomic E-state index is 11.5. The Bertz CT molecular complexity index is 339. The maximum atomic E-state index is 11.5. The molecule has 0 aliphatic heterocycles. The summed E-state index contributed by atoms with van der Waals surface area (Å²) in [4.78, 5) is 11.5. The van der Waals surface area contributed by atoms with Gasteiger partial charge in [-0.2, -0.15) is 0 Å². The summed E-state index contributed by atoms with van der Waals surface area (Å²) in [5.74, 6) is -0.190. The van der Waals surface area contributed by atoms with E-state index in [9.17, 15) is 9.90 Å². The standard InChI is InChI=1S/C10H12BrNO2/c1-7-3-2-4-8(9(7)13)10(14)12-6-5-11/h2-4,13H,5-6H2,1H3,(H,12,14). The van der Waals surface area contributed by atoms with Crippen molar-refractivity contribution in [1.29, 1.82) is 0 Å². The van der Waals surface area contributed by atoms with Crippen LogP contribution in [-0.4, -0.2) is 22.9 Å². The van der Waals surface area contributed by atoms with Crippen LogP contribution in [0.4, 0.5) is 0 Å². The monoisotopic (exact) mass is 257 g/mol. The fourth-order valence-corrected chi connectivity index (χ4v) is 1.30. The summed E-state index contributed by atoms with van der Waals surface area (Å²) in [7, 11) is 0. The minimum absolute atomic E-state index is 0.0552.